The molecular formula is C12H14O5. The van der Waals surface area contributed by atoms with E-state index < -0.39 is 11.9 Å². The van der Waals surface area contributed by atoms with Gasteiger partial charge < -0.3 is 19.3 Å². The molecule has 0 amide bonds. The zero-order valence-electron chi connectivity index (χ0n) is 9.73. The first-order valence-corrected chi connectivity index (χ1v) is 5.27. The van der Waals surface area contributed by atoms with E-state index in [2.05, 4.69) is 0 Å². The van der Waals surface area contributed by atoms with Gasteiger partial charge >= 0.3 is 5.97 Å². The second-order valence-corrected chi connectivity index (χ2v) is 3.87. The maximum absolute atomic E-state index is 11.0. The second-order valence-electron chi connectivity index (χ2n) is 3.87. The zero-order chi connectivity index (χ0) is 12.4. The molecule has 1 aromatic carbocycles. The van der Waals surface area contributed by atoms with Crippen LogP contribution in [0.25, 0.3) is 0 Å². The Kier molecular flexibility index (Phi) is 3.19. The van der Waals surface area contributed by atoms with Crippen LogP contribution in [0.3, 0.4) is 0 Å². The maximum atomic E-state index is 11.0. The average Bonchev–Trinajstić information content (AvgIpc) is 2.36. The molecule has 1 N–H and O–H groups in total. The number of methoxy groups -OCH3 is 1. The van der Waals surface area contributed by atoms with E-state index in [0.717, 1.165) is 5.56 Å². The molecule has 0 aromatic heterocycles. The van der Waals surface area contributed by atoms with Crippen molar-refractivity contribution < 1.29 is 24.1 Å². The van der Waals surface area contributed by atoms with Gasteiger partial charge in [0, 0.05) is 11.1 Å². The Bertz CT molecular complexity index is 441. The lowest BCUT2D eigenvalue weighted by Crippen LogP contribution is -2.14. The molecule has 1 atom stereocenters. The molecule has 1 aromatic rings. The molecule has 2 rings (SSSR count). The molecule has 17 heavy (non-hydrogen) atoms. The predicted octanol–water partition coefficient (Wildman–Crippen LogP) is 1.75. The third-order valence-electron chi connectivity index (χ3n) is 2.81. The average molecular weight is 238 g/mol. The number of hydrogen-bond acceptors (Lipinski definition) is 4. The number of carboxylic acids is 1. The van der Waals surface area contributed by atoms with E-state index in [1.165, 1.54) is 7.11 Å². The van der Waals surface area contributed by atoms with E-state index in [9.17, 15) is 4.79 Å². The number of rotatable bonds is 3. The lowest BCUT2D eigenvalue weighted by Gasteiger charge is -2.21. The Morgan fingerprint density at radius 3 is 2.94 bits per heavy atom. The van der Waals surface area contributed by atoms with Gasteiger partial charge in [0.15, 0.2) is 6.79 Å². The first kappa shape index (κ1) is 11.7. The lowest BCUT2D eigenvalue weighted by molar-refractivity contribution is -0.138. The summed E-state index contributed by atoms with van der Waals surface area (Å²) in [7, 11) is 1.52. The largest absolute Gasteiger partial charge is 0.496 e. The van der Waals surface area contributed by atoms with Crippen molar-refractivity contribution in [2.24, 2.45) is 0 Å². The van der Waals surface area contributed by atoms with Crippen molar-refractivity contribution in [1.82, 2.24) is 0 Å². The van der Waals surface area contributed by atoms with Crippen molar-refractivity contribution >= 4 is 5.97 Å². The molecule has 1 heterocycles. The molecule has 0 fully saturated rings. The molecule has 92 valence electrons. The molecule has 0 saturated carbocycles. The summed E-state index contributed by atoms with van der Waals surface area (Å²) in [6.07, 6.45) is 0. The van der Waals surface area contributed by atoms with Crippen LogP contribution in [0.1, 0.15) is 24.0 Å². The molecule has 0 radical (unpaired) electrons. The van der Waals surface area contributed by atoms with Crippen LogP contribution in [0, 0.1) is 0 Å². The Labute approximate surface area is 98.9 Å². The Morgan fingerprint density at radius 2 is 2.29 bits per heavy atom. The highest BCUT2D eigenvalue weighted by atomic mass is 16.7. The van der Waals surface area contributed by atoms with Gasteiger partial charge in [-0.15, -0.1) is 0 Å². The third kappa shape index (κ3) is 2.19. The van der Waals surface area contributed by atoms with Crippen molar-refractivity contribution in [2.45, 2.75) is 19.4 Å². The van der Waals surface area contributed by atoms with E-state index in [1.54, 1.807) is 19.1 Å². The zero-order valence-corrected chi connectivity index (χ0v) is 9.73. The standard InChI is InChI=1S/C12H14O5/c1-7(12(13)14)9-4-10-8(3-11(9)15-2)5-16-6-17-10/h3-4,7H,5-6H2,1-2H3,(H,13,14). The summed E-state index contributed by atoms with van der Waals surface area (Å²) in [5.41, 5.74) is 1.48. The van der Waals surface area contributed by atoms with Crippen molar-refractivity contribution in [3.05, 3.63) is 23.3 Å². The van der Waals surface area contributed by atoms with Crippen LogP contribution in [0.5, 0.6) is 11.5 Å². The van der Waals surface area contributed by atoms with E-state index in [4.69, 9.17) is 19.3 Å². The summed E-state index contributed by atoms with van der Waals surface area (Å²) in [5, 5.41) is 9.04. The minimum atomic E-state index is -0.893. The topological polar surface area (TPSA) is 65.0 Å². The van der Waals surface area contributed by atoms with E-state index >= 15 is 0 Å². The van der Waals surface area contributed by atoms with E-state index in [1.807, 2.05) is 0 Å². The number of carboxylic acid groups (broad SMARTS) is 1. The smallest absolute Gasteiger partial charge is 0.310 e. The van der Waals surface area contributed by atoms with Crippen LogP contribution in [-0.4, -0.2) is 25.0 Å². The van der Waals surface area contributed by atoms with Crippen LogP contribution >= 0.6 is 0 Å². The molecule has 5 heteroatoms. The van der Waals surface area contributed by atoms with Crippen molar-refractivity contribution in [3.63, 3.8) is 0 Å². The number of carbonyl (C=O) groups is 1. The molecule has 0 aliphatic carbocycles. The van der Waals surface area contributed by atoms with Gasteiger partial charge in [-0.25, -0.2) is 0 Å². The summed E-state index contributed by atoms with van der Waals surface area (Å²) >= 11 is 0. The number of aliphatic carboxylic acids is 1. The van der Waals surface area contributed by atoms with Crippen LogP contribution < -0.4 is 9.47 Å². The van der Waals surface area contributed by atoms with Gasteiger partial charge in [-0.05, 0) is 19.1 Å². The van der Waals surface area contributed by atoms with Gasteiger partial charge in [-0.3, -0.25) is 4.79 Å². The quantitative estimate of drug-likeness (QED) is 0.869. The highest BCUT2D eigenvalue weighted by molar-refractivity contribution is 5.77. The van der Waals surface area contributed by atoms with Gasteiger partial charge in [0.2, 0.25) is 0 Å². The predicted molar refractivity (Wildman–Crippen MR) is 59.3 cm³/mol. The molecular weight excluding hydrogens is 224 g/mol. The van der Waals surface area contributed by atoms with Crippen LogP contribution in [-0.2, 0) is 16.1 Å². The summed E-state index contributed by atoms with van der Waals surface area (Å²) in [6, 6.07) is 3.48. The van der Waals surface area contributed by atoms with Gasteiger partial charge in [0.1, 0.15) is 11.5 Å². The number of hydrogen-bond donors (Lipinski definition) is 1. The van der Waals surface area contributed by atoms with E-state index in [-0.39, 0.29) is 6.79 Å². The Hall–Kier alpha value is -1.75. The minimum absolute atomic E-state index is 0.195. The van der Waals surface area contributed by atoms with Gasteiger partial charge in [-0.1, -0.05) is 0 Å². The van der Waals surface area contributed by atoms with Gasteiger partial charge in [0.05, 0.1) is 19.6 Å². The number of benzene rings is 1. The van der Waals surface area contributed by atoms with E-state index in [0.29, 0.717) is 23.7 Å². The molecule has 1 aliphatic rings. The van der Waals surface area contributed by atoms with Gasteiger partial charge in [-0.2, -0.15) is 0 Å². The highest BCUT2D eigenvalue weighted by Gasteiger charge is 2.22. The SMILES string of the molecule is COc1cc2c(cc1C(C)C(=O)O)OCOC2. The fourth-order valence-corrected chi connectivity index (χ4v) is 1.77. The first-order chi connectivity index (χ1) is 8.13. The summed E-state index contributed by atoms with van der Waals surface area (Å²) in [4.78, 5) is 11.0. The molecule has 0 spiro atoms. The first-order valence-electron chi connectivity index (χ1n) is 5.27. The van der Waals surface area contributed by atoms with Crippen molar-refractivity contribution in [3.8, 4) is 11.5 Å². The monoisotopic (exact) mass is 238 g/mol. The maximum Gasteiger partial charge on any atom is 0.310 e. The van der Waals surface area contributed by atoms with Gasteiger partial charge in [0.25, 0.3) is 0 Å². The summed E-state index contributed by atoms with van der Waals surface area (Å²) in [6.45, 7) is 2.26. The highest BCUT2D eigenvalue weighted by Crippen LogP contribution is 2.35. The summed E-state index contributed by atoms with van der Waals surface area (Å²) < 4.78 is 15.7. The second kappa shape index (κ2) is 4.63. The molecule has 1 unspecified atom stereocenters. The fourth-order valence-electron chi connectivity index (χ4n) is 1.77. The lowest BCUT2D eigenvalue weighted by atomic mass is 9.98. The fraction of sp³-hybridized carbons (Fsp3) is 0.417. The van der Waals surface area contributed by atoms with Crippen LogP contribution in [0.2, 0.25) is 0 Å². The van der Waals surface area contributed by atoms with Crippen molar-refractivity contribution in [1.29, 1.82) is 0 Å². The number of ether oxygens (including phenoxy) is 3. The normalized spacial score (nSPS) is 15.6. The molecule has 5 nitrogen and oxygen atoms in total. The van der Waals surface area contributed by atoms with Crippen molar-refractivity contribution in [2.75, 3.05) is 13.9 Å². The van der Waals surface area contributed by atoms with Crippen LogP contribution in [0.4, 0.5) is 0 Å². The van der Waals surface area contributed by atoms with Crippen LogP contribution in [0.15, 0.2) is 12.1 Å². The third-order valence-corrected chi connectivity index (χ3v) is 2.81. The minimum Gasteiger partial charge on any atom is -0.496 e. The summed E-state index contributed by atoms with van der Waals surface area (Å²) in [5.74, 6) is -0.315. The molecule has 0 saturated heterocycles. The Morgan fingerprint density at radius 1 is 1.53 bits per heavy atom. The number of fused-ring (bicyclic) bond motifs is 1. The molecule has 0 bridgehead atoms. The Balaban J connectivity index is 2.46. The molecule has 1 aliphatic heterocycles.